The van der Waals surface area contributed by atoms with Gasteiger partial charge in [-0.3, -0.25) is 9.59 Å². The predicted octanol–water partition coefficient (Wildman–Crippen LogP) is 0.598. The number of likely N-dealkylation sites (tertiary alicyclic amines) is 1. The number of carbonyl (C=O) groups is 2. The molecule has 2 aliphatic heterocycles. The Balaban J connectivity index is 1.89. The number of nitrogens with zero attached hydrogens (tertiary/aromatic N) is 2. The molecule has 19 heavy (non-hydrogen) atoms. The van der Waals surface area contributed by atoms with Gasteiger partial charge in [0.2, 0.25) is 11.8 Å². The van der Waals surface area contributed by atoms with Crippen LogP contribution in [0.15, 0.2) is 0 Å². The zero-order valence-electron chi connectivity index (χ0n) is 12.0. The summed E-state index contributed by atoms with van der Waals surface area (Å²) >= 11 is 0. The molecule has 2 aliphatic rings. The second kappa shape index (κ2) is 6.37. The fraction of sp³-hybridized carbons (Fsp3) is 0.857. The van der Waals surface area contributed by atoms with Gasteiger partial charge in [0.05, 0.1) is 6.54 Å². The summed E-state index contributed by atoms with van der Waals surface area (Å²) in [6, 6.07) is 0.605. The van der Waals surface area contributed by atoms with Gasteiger partial charge in [-0.15, -0.1) is 0 Å². The number of hydrogen-bond donors (Lipinski definition) is 1. The van der Waals surface area contributed by atoms with Crippen LogP contribution in [-0.4, -0.2) is 59.9 Å². The minimum atomic E-state index is 0.0824. The third kappa shape index (κ3) is 3.69. The van der Waals surface area contributed by atoms with E-state index < -0.39 is 0 Å². The largest absolute Gasteiger partial charge is 0.337 e. The molecular weight excluding hydrogens is 242 g/mol. The topological polar surface area (TPSA) is 52.7 Å². The number of carbonyl (C=O) groups excluding carboxylic acids is 2. The number of amides is 2. The SMILES string of the molecule is CC(C)N(CC1CCCN1)C(=O)CN1CCCC1=O. The molecule has 0 aliphatic carbocycles. The molecule has 2 amide bonds. The van der Waals surface area contributed by atoms with Gasteiger partial charge in [0.15, 0.2) is 0 Å². The average molecular weight is 267 g/mol. The van der Waals surface area contributed by atoms with Crippen molar-refractivity contribution in [3.63, 3.8) is 0 Å². The maximum absolute atomic E-state index is 12.4. The summed E-state index contributed by atoms with van der Waals surface area (Å²) in [5.74, 6) is 0.204. The quantitative estimate of drug-likeness (QED) is 0.793. The molecule has 0 aromatic heterocycles. The van der Waals surface area contributed by atoms with Crippen LogP contribution in [-0.2, 0) is 9.59 Å². The fourth-order valence-corrected chi connectivity index (χ4v) is 2.88. The summed E-state index contributed by atoms with van der Waals surface area (Å²) in [6.07, 6.45) is 3.81. The summed E-state index contributed by atoms with van der Waals surface area (Å²) in [5, 5.41) is 3.42. The molecule has 1 N–H and O–H groups in total. The molecule has 2 saturated heterocycles. The highest BCUT2D eigenvalue weighted by molar-refractivity contribution is 5.86. The van der Waals surface area contributed by atoms with Crippen molar-refractivity contribution in [3.8, 4) is 0 Å². The van der Waals surface area contributed by atoms with Crippen molar-refractivity contribution >= 4 is 11.8 Å². The lowest BCUT2D eigenvalue weighted by atomic mass is 10.2. The molecule has 1 atom stereocenters. The van der Waals surface area contributed by atoms with Gasteiger partial charge >= 0.3 is 0 Å². The van der Waals surface area contributed by atoms with Gasteiger partial charge in [-0.25, -0.2) is 0 Å². The van der Waals surface area contributed by atoms with E-state index in [1.807, 2.05) is 18.7 Å². The van der Waals surface area contributed by atoms with Gasteiger partial charge in [-0.1, -0.05) is 0 Å². The zero-order valence-corrected chi connectivity index (χ0v) is 12.0. The zero-order chi connectivity index (χ0) is 13.8. The van der Waals surface area contributed by atoms with E-state index in [1.165, 1.54) is 6.42 Å². The molecule has 108 valence electrons. The van der Waals surface area contributed by atoms with Crippen molar-refractivity contribution in [3.05, 3.63) is 0 Å². The predicted molar refractivity (Wildman–Crippen MR) is 73.7 cm³/mol. The van der Waals surface area contributed by atoms with Gasteiger partial charge in [-0.2, -0.15) is 0 Å². The summed E-state index contributed by atoms with van der Waals surface area (Å²) in [6.45, 7) is 6.88. The lowest BCUT2D eigenvalue weighted by Gasteiger charge is -2.31. The van der Waals surface area contributed by atoms with E-state index in [2.05, 4.69) is 5.32 Å². The van der Waals surface area contributed by atoms with Gasteiger partial charge < -0.3 is 15.1 Å². The molecule has 2 fully saturated rings. The van der Waals surface area contributed by atoms with E-state index in [1.54, 1.807) is 4.90 Å². The summed E-state index contributed by atoms with van der Waals surface area (Å²) in [4.78, 5) is 27.6. The summed E-state index contributed by atoms with van der Waals surface area (Å²) in [5.41, 5.74) is 0. The van der Waals surface area contributed by atoms with Crippen molar-refractivity contribution in [2.75, 3.05) is 26.2 Å². The second-order valence-corrected chi connectivity index (χ2v) is 5.85. The standard InChI is InChI=1S/C14H25N3O2/c1-11(2)17(9-12-5-3-7-15-12)14(19)10-16-8-4-6-13(16)18/h11-12,15H,3-10H2,1-2H3. The first-order valence-corrected chi connectivity index (χ1v) is 7.38. The Morgan fingerprint density at radius 1 is 1.47 bits per heavy atom. The third-order valence-corrected chi connectivity index (χ3v) is 4.02. The maximum atomic E-state index is 12.4. The van der Waals surface area contributed by atoms with Crippen LogP contribution in [0.1, 0.15) is 39.5 Å². The molecule has 5 nitrogen and oxygen atoms in total. The minimum absolute atomic E-state index is 0.0824. The molecule has 0 bridgehead atoms. The Labute approximate surface area is 115 Å². The van der Waals surface area contributed by atoms with Gasteiger partial charge in [0, 0.05) is 31.6 Å². The third-order valence-electron chi connectivity index (χ3n) is 4.02. The Morgan fingerprint density at radius 2 is 2.26 bits per heavy atom. The van der Waals surface area contributed by atoms with Crippen molar-refractivity contribution in [2.24, 2.45) is 0 Å². The minimum Gasteiger partial charge on any atom is -0.337 e. The monoisotopic (exact) mass is 267 g/mol. The van der Waals surface area contributed by atoms with Crippen LogP contribution in [0.3, 0.4) is 0 Å². The van der Waals surface area contributed by atoms with E-state index in [4.69, 9.17) is 0 Å². The summed E-state index contributed by atoms with van der Waals surface area (Å²) < 4.78 is 0. The van der Waals surface area contributed by atoms with Gasteiger partial charge in [-0.05, 0) is 39.7 Å². The van der Waals surface area contributed by atoms with E-state index in [-0.39, 0.29) is 24.4 Å². The molecule has 0 saturated carbocycles. The molecule has 1 unspecified atom stereocenters. The van der Waals surface area contributed by atoms with E-state index in [0.29, 0.717) is 12.5 Å². The number of nitrogens with one attached hydrogen (secondary N) is 1. The molecule has 2 heterocycles. The number of hydrogen-bond acceptors (Lipinski definition) is 3. The fourth-order valence-electron chi connectivity index (χ4n) is 2.88. The average Bonchev–Trinajstić information content (AvgIpc) is 2.98. The van der Waals surface area contributed by atoms with Crippen molar-refractivity contribution in [1.29, 1.82) is 0 Å². The number of rotatable bonds is 5. The molecule has 5 heteroatoms. The molecule has 0 aromatic rings. The molecule has 0 radical (unpaired) electrons. The van der Waals surface area contributed by atoms with Crippen LogP contribution in [0.5, 0.6) is 0 Å². The highest BCUT2D eigenvalue weighted by Gasteiger charge is 2.28. The molecule has 0 aromatic carbocycles. The van der Waals surface area contributed by atoms with E-state index in [9.17, 15) is 9.59 Å². The second-order valence-electron chi connectivity index (χ2n) is 5.85. The molecule has 2 rings (SSSR count). The first-order chi connectivity index (χ1) is 9.08. The molecule has 0 spiro atoms. The molecular formula is C14H25N3O2. The van der Waals surface area contributed by atoms with Crippen LogP contribution in [0.4, 0.5) is 0 Å². The van der Waals surface area contributed by atoms with Crippen LogP contribution in [0.2, 0.25) is 0 Å². The van der Waals surface area contributed by atoms with E-state index >= 15 is 0 Å². The first kappa shape index (κ1) is 14.3. The van der Waals surface area contributed by atoms with Crippen molar-refractivity contribution in [2.45, 2.75) is 51.6 Å². The smallest absolute Gasteiger partial charge is 0.242 e. The Bertz CT molecular complexity index is 338. The van der Waals surface area contributed by atoms with Crippen LogP contribution >= 0.6 is 0 Å². The van der Waals surface area contributed by atoms with Crippen LogP contribution < -0.4 is 5.32 Å². The maximum Gasteiger partial charge on any atom is 0.242 e. The first-order valence-electron chi connectivity index (χ1n) is 7.38. The Kier molecular flexibility index (Phi) is 4.80. The van der Waals surface area contributed by atoms with Crippen LogP contribution in [0, 0.1) is 0 Å². The van der Waals surface area contributed by atoms with Crippen molar-refractivity contribution in [1.82, 2.24) is 15.1 Å². The highest BCUT2D eigenvalue weighted by Crippen LogP contribution is 2.13. The Morgan fingerprint density at radius 3 is 2.79 bits per heavy atom. The van der Waals surface area contributed by atoms with Crippen molar-refractivity contribution < 1.29 is 9.59 Å². The van der Waals surface area contributed by atoms with Gasteiger partial charge in [0.1, 0.15) is 0 Å². The Hall–Kier alpha value is -1.10. The lowest BCUT2D eigenvalue weighted by molar-refractivity contribution is -0.139. The highest BCUT2D eigenvalue weighted by atomic mass is 16.2. The van der Waals surface area contributed by atoms with Gasteiger partial charge in [0.25, 0.3) is 0 Å². The van der Waals surface area contributed by atoms with E-state index in [0.717, 1.165) is 32.5 Å². The summed E-state index contributed by atoms with van der Waals surface area (Å²) in [7, 11) is 0. The normalized spacial score (nSPS) is 23.4. The van der Waals surface area contributed by atoms with Crippen LogP contribution in [0.25, 0.3) is 0 Å². The lowest BCUT2D eigenvalue weighted by Crippen LogP contribution is -2.48.